The third kappa shape index (κ3) is 3.20. The lowest BCUT2D eigenvalue weighted by atomic mass is 9.94. The average molecular weight is 189 g/mol. The topological polar surface area (TPSA) is 67.8 Å². The molecule has 0 spiro atoms. The van der Waals surface area contributed by atoms with Crippen LogP contribution in [0.15, 0.2) is 0 Å². The molecule has 0 radical (unpaired) electrons. The van der Waals surface area contributed by atoms with Crippen molar-refractivity contribution in [1.29, 1.82) is 0 Å². The van der Waals surface area contributed by atoms with E-state index >= 15 is 0 Å². The fraction of sp³-hybridized carbons (Fsp3) is 0.875. The van der Waals surface area contributed by atoms with Gasteiger partial charge in [0, 0.05) is 32.6 Å². The fourth-order valence-electron chi connectivity index (χ4n) is 1.24. The molecule has 76 valence electrons. The second-order valence-electron chi connectivity index (χ2n) is 3.18. The number of carbonyl (C=O) groups excluding carboxylic acids is 1. The van der Waals surface area contributed by atoms with E-state index in [1.54, 1.807) is 0 Å². The summed E-state index contributed by atoms with van der Waals surface area (Å²) >= 11 is 0. The molecule has 0 aromatic carbocycles. The first-order valence-electron chi connectivity index (χ1n) is 4.28. The zero-order valence-corrected chi connectivity index (χ0v) is 7.71. The van der Waals surface area contributed by atoms with Crippen LogP contribution in [0.25, 0.3) is 0 Å². The Balaban J connectivity index is 2.28. The highest BCUT2D eigenvalue weighted by Gasteiger charge is 2.30. The number of nitrogens with one attached hydrogen (secondary N) is 1. The maximum Gasteiger partial charge on any atom is 0.406 e. The number of ether oxygens (including phenoxy) is 2. The van der Waals surface area contributed by atoms with E-state index in [9.17, 15) is 9.90 Å². The SMILES string of the molecule is COC(=O)NCC1(O)CCOCC1. The fourth-order valence-corrected chi connectivity index (χ4v) is 1.24. The standard InChI is InChI=1S/C8H15NO4/c1-12-7(10)9-6-8(11)2-4-13-5-3-8/h11H,2-6H2,1H3,(H,9,10). The van der Waals surface area contributed by atoms with Crippen molar-refractivity contribution in [2.24, 2.45) is 0 Å². The van der Waals surface area contributed by atoms with E-state index in [4.69, 9.17) is 4.74 Å². The van der Waals surface area contributed by atoms with Gasteiger partial charge in [-0.2, -0.15) is 0 Å². The highest BCUT2D eigenvalue weighted by atomic mass is 16.5. The molecule has 0 aromatic rings. The normalized spacial score (nSPS) is 20.8. The summed E-state index contributed by atoms with van der Waals surface area (Å²) in [7, 11) is 1.30. The minimum Gasteiger partial charge on any atom is -0.453 e. The van der Waals surface area contributed by atoms with E-state index in [-0.39, 0.29) is 6.54 Å². The lowest BCUT2D eigenvalue weighted by Crippen LogP contribution is -2.46. The number of alkyl carbamates (subject to hydrolysis) is 1. The van der Waals surface area contributed by atoms with Crippen molar-refractivity contribution in [3.8, 4) is 0 Å². The Morgan fingerprint density at radius 3 is 2.77 bits per heavy atom. The number of carbonyl (C=O) groups is 1. The number of hydrogen-bond donors (Lipinski definition) is 2. The van der Waals surface area contributed by atoms with Gasteiger partial charge in [-0.05, 0) is 0 Å². The highest BCUT2D eigenvalue weighted by Crippen LogP contribution is 2.18. The molecule has 13 heavy (non-hydrogen) atoms. The van der Waals surface area contributed by atoms with Crippen molar-refractivity contribution in [2.75, 3.05) is 26.9 Å². The number of amides is 1. The molecule has 1 fully saturated rings. The third-order valence-corrected chi connectivity index (χ3v) is 2.17. The molecule has 1 aliphatic heterocycles. The van der Waals surface area contributed by atoms with E-state index < -0.39 is 11.7 Å². The maximum atomic E-state index is 10.7. The Hall–Kier alpha value is -0.810. The Bertz CT molecular complexity index is 177. The van der Waals surface area contributed by atoms with E-state index in [0.717, 1.165) is 0 Å². The monoisotopic (exact) mass is 189 g/mol. The highest BCUT2D eigenvalue weighted by molar-refractivity contribution is 5.66. The molecule has 2 N–H and O–H groups in total. The summed E-state index contributed by atoms with van der Waals surface area (Å²) < 4.78 is 9.49. The Morgan fingerprint density at radius 1 is 1.62 bits per heavy atom. The van der Waals surface area contributed by atoms with Crippen LogP contribution in [0.1, 0.15) is 12.8 Å². The van der Waals surface area contributed by atoms with Gasteiger partial charge in [0.1, 0.15) is 0 Å². The van der Waals surface area contributed by atoms with Gasteiger partial charge in [-0.15, -0.1) is 0 Å². The van der Waals surface area contributed by atoms with Crippen molar-refractivity contribution < 1.29 is 19.4 Å². The van der Waals surface area contributed by atoms with Crippen LogP contribution in [-0.2, 0) is 9.47 Å². The average Bonchev–Trinajstić information content (AvgIpc) is 2.15. The van der Waals surface area contributed by atoms with Gasteiger partial charge >= 0.3 is 6.09 Å². The molecule has 1 rings (SSSR count). The number of methoxy groups -OCH3 is 1. The molecule has 5 nitrogen and oxygen atoms in total. The van der Waals surface area contributed by atoms with Crippen molar-refractivity contribution >= 4 is 6.09 Å². The first-order chi connectivity index (χ1) is 6.16. The van der Waals surface area contributed by atoms with Gasteiger partial charge in [-0.25, -0.2) is 4.79 Å². The summed E-state index contributed by atoms with van der Waals surface area (Å²) in [4.78, 5) is 10.7. The van der Waals surface area contributed by atoms with Crippen LogP contribution in [0.2, 0.25) is 0 Å². The van der Waals surface area contributed by atoms with Crippen LogP contribution in [0.4, 0.5) is 4.79 Å². The van der Waals surface area contributed by atoms with Gasteiger partial charge in [0.15, 0.2) is 0 Å². The third-order valence-electron chi connectivity index (χ3n) is 2.17. The molecule has 0 bridgehead atoms. The van der Waals surface area contributed by atoms with Crippen molar-refractivity contribution in [2.45, 2.75) is 18.4 Å². The van der Waals surface area contributed by atoms with Crippen LogP contribution in [0, 0.1) is 0 Å². The van der Waals surface area contributed by atoms with Crippen LogP contribution in [0.3, 0.4) is 0 Å². The van der Waals surface area contributed by atoms with Crippen molar-refractivity contribution in [3.63, 3.8) is 0 Å². The summed E-state index contributed by atoms with van der Waals surface area (Å²) in [6.07, 6.45) is 0.591. The Morgan fingerprint density at radius 2 is 2.23 bits per heavy atom. The van der Waals surface area contributed by atoms with Gasteiger partial charge in [0.2, 0.25) is 0 Å². The molecule has 0 unspecified atom stereocenters. The summed E-state index contributed by atoms with van der Waals surface area (Å²) in [6, 6.07) is 0. The molecule has 1 heterocycles. The molecule has 0 atom stereocenters. The first kappa shape index (κ1) is 10.3. The number of rotatable bonds is 2. The molecular formula is C8H15NO4. The molecule has 1 amide bonds. The maximum absolute atomic E-state index is 10.7. The molecule has 5 heteroatoms. The van der Waals surface area contributed by atoms with E-state index in [1.807, 2.05) is 0 Å². The zero-order valence-electron chi connectivity index (χ0n) is 7.71. The second kappa shape index (κ2) is 4.43. The molecule has 1 saturated heterocycles. The number of aliphatic hydroxyl groups is 1. The molecule has 0 saturated carbocycles. The van der Waals surface area contributed by atoms with Crippen LogP contribution in [-0.4, -0.2) is 43.7 Å². The summed E-state index contributed by atoms with van der Waals surface area (Å²) in [5, 5.41) is 12.3. The Labute approximate surface area is 77.0 Å². The minimum atomic E-state index is -0.827. The van der Waals surface area contributed by atoms with E-state index in [2.05, 4.69) is 10.1 Å². The van der Waals surface area contributed by atoms with Crippen LogP contribution >= 0.6 is 0 Å². The smallest absolute Gasteiger partial charge is 0.406 e. The predicted octanol–water partition coefficient (Wildman–Crippen LogP) is -0.116. The van der Waals surface area contributed by atoms with Crippen LogP contribution in [0.5, 0.6) is 0 Å². The second-order valence-corrected chi connectivity index (χ2v) is 3.18. The largest absolute Gasteiger partial charge is 0.453 e. The summed E-state index contributed by atoms with van der Waals surface area (Å²) in [5.74, 6) is 0. The van der Waals surface area contributed by atoms with Crippen LogP contribution < -0.4 is 5.32 Å². The quantitative estimate of drug-likeness (QED) is 0.635. The summed E-state index contributed by atoms with van der Waals surface area (Å²) in [6.45, 7) is 1.31. The lowest BCUT2D eigenvalue weighted by Gasteiger charge is -2.31. The first-order valence-corrected chi connectivity index (χ1v) is 4.28. The molecular weight excluding hydrogens is 174 g/mol. The summed E-state index contributed by atoms with van der Waals surface area (Å²) in [5.41, 5.74) is -0.827. The lowest BCUT2D eigenvalue weighted by molar-refractivity contribution is -0.0609. The van der Waals surface area contributed by atoms with Gasteiger partial charge in [-0.1, -0.05) is 0 Å². The Kier molecular flexibility index (Phi) is 3.50. The molecule has 0 aliphatic carbocycles. The zero-order chi connectivity index (χ0) is 9.73. The predicted molar refractivity (Wildman–Crippen MR) is 45.4 cm³/mol. The van der Waals surface area contributed by atoms with Crippen molar-refractivity contribution in [1.82, 2.24) is 5.32 Å². The van der Waals surface area contributed by atoms with Gasteiger partial charge in [0.05, 0.1) is 12.7 Å². The van der Waals surface area contributed by atoms with Crippen molar-refractivity contribution in [3.05, 3.63) is 0 Å². The van der Waals surface area contributed by atoms with E-state index in [1.165, 1.54) is 7.11 Å². The minimum absolute atomic E-state index is 0.225. The number of hydrogen-bond acceptors (Lipinski definition) is 4. The molecule has 0 aromatic heterocycles. The molecule has 1 aliphatic rings. The van der Waals surface area contributed by atoms with E-state index in [0.29, 0.717) is 26.1 Å². The van der Waals surface area contributed by atoms with Gasteiger partial charge in [0.25, 0.3) is 0 Å². The van der Waals surface area contributed by atoms with Gasteiger partial charge < -0.3 is 19.9 Å². The van der Waals surface area contributed by atoms with Gasteiger partial charge in [-0.3, -0.25) is 0 Å².